The number of pyridine rings is 1. The first-order valence-electron chi connectivity index (χ1n) is 4.07. The largest absolute Gasteiger partial charge is 0.293 e. The van der Waals surface area contributed by atoms with Crippen molar-refractivity contribution in [1.82, 2.24) is 14.6 Å². The predicted octanol–water partition coefficient (Wildman–Crippen LogP) is 1.36. The van der Waals surface area contributed by atoms with E-state index in [1.165, 1.54) is 6.20 Å². The topological polar surface area (TPSA) is 55.7 Å². The maximum atomic E-state index is 11.6. The highest BCUT2D eigenvalue weighted by Crippen LogP contribution is 2.07. The molecule has 4 nitrogen and oxygen atoms in total. The zero-order valence-corrected chi connectivity index (χ0v) is 8.07. The zero-order chi connectivity index (χ0) is 9.80. The normalized spacial score (nSPS) is 10.0. The Morgan fingerprint density at radius 3 is 3.00 bits per heavy atom. The number of carbonyl (C=O) groups is 1. The fraction of sp³-hybridized carbons (Fsp3) is 0.111. The number of aromatic nitrogens is 3. The molecule has 0 bridgehead atoms. The molecule has 14 heavy (non-hydrogen) atoms. The molecular weight excluding hydrogens is 198 g/mol. The average molecular weight is 205 g/mol. The van der Waals surface area contributed by atoms with Crippen molar-refractivity contribution in [1.29, 1.82) is 0 Å². The second-order valence-corrected chi connectivity index (χ2v) is 3.49. The van der Waals surface area contributed by atoms with Crippen molar-refractivity contribution in [2.75, 3.05) is 0 Å². The van der Waals surface area contributed by atoms with Crippen LogP contribution in [-0.2, 0) is 6.42 Å². The molecule has 0 aromatic carbocycles. The van der Waals surface area contributed by atoms with Gasteiger partial charge in [-0.2, -0.15) is 0 Å². The van der Waals surface area contributed by atoms with E-state index < -0.39 is 0 Å². The van der Waals surface area contributed by atoms with Crippen LogP contribution in [0.5, 0.6) is 0 Å². The van der Waals surface area contributed by atoms with Crippen molar-refractivity contribution >= 4 is 17.3 Å². The van der Waals surface area contributed by atoms with E-state index in [1.807, 2.05) is 18.2 Å². The van der Waals surface area contributed by atoms with Crippen LogP contribution in [0.2, 0.25) is 0 Å². The van der Waals surface area contributed by atoms with Gasteiger partial charge in [0, 0.05) is 11.9 Å². The lowest BCUT2D eigenvalue weighted by Gasteiger charge is -1.95. The minimum atomic E-state index is 0.0127. The Balaban J connectivity index is 2.10. The number of hydrogen-bond donors (Lipinski definition) is 0. The van der Waals surface area contributed by atoms with Crippen LogP contribution in [0.3, 0.4) is 0 Å². The molecule has 0 aliphatic rings. The van der Waals surface area contributed by atoms with E-state index in [9.17, 15) is 4.79 Å². The third-order valence-corrected chi connectivity index (χ3v) is 2.41. The molecule has 5 heteroatoms. The number of nitrogens with zero attached hydrogens (tertiary/aromatic N) is 3. The van der Waals surface area contributed by atoms with E-state index in [4.69, 9.17) is 0 Å². The highest BCUT2D eigenvalue weighted by atomic mass is 32.1. The van der Waals surface area contributed by atoms with E-state index in [2.05, 4.69) is 14.6 Å². The Morgan fingerprint density at radius 2 is 2.36 bits per heavy atom. The summed E-state index contributed by atoms with van der Waals surface area (Å²) in [5.41, 5.74) is 0.769. The second kappa shape index (κ2) is 4.06. The molecule has 0 aliphatic heterocycles. The van der Waals surface area contributed by atoms with Gasteiger partial charge in [-0.3, -0.25) is 9.78 Å². The number of carbonyl (C=O) groups excluding carboxylic acids is 1. The fourth-order valence-electron chi connectivity index (χ4n) is 1.04. The van der Waals surface area contributed by atoms with Crippen molar-refractivity contribution in [3.05, 3.63) is 41.2 Å². The van der Waals surface area contributed by atoms with Crippen LogP contribution in [0, 0.1) is 0 Å². The molecule has 0 spiro atoms. The molecule has 0 N–H and O–H groups in total. The molecule has 0 radical (unpaired) electrons. The van der Waals surface area contributed by atoms with Crippen molar-refractivity contribution < 1.29 is 4.79 Å². The van der Waals surface area contributed by atoms with Crippen LogP contribution in [0.15, 0.2) is 30.6 Å². The van der Waals surface area contributed by atoms with Gasteiger partial charge in [0.1, 0.15) is 4.88 Å². The van der Waals surface area contributed by atoms with Gasteiger partial charge in [0.25, 0.3) is 0 Å². The van der Waals surface area contributed by atoms with E-state index in [-0.39, 0.29) is 5.78 Å². The van der Waals surface area contributed by atoms with Gasteiger partial charge in [0.2, 0.25) is 0 Å². The maximum Gasteiger partial charge on any atom is 0.181 e. The van der Waals surface area contributed by atoms with E-state index in [0.29, 0.717) is 11.3 Å². The molecule has 0 atom stereocenters. The Hall–Kier alpha value is -1.62. The lowest BCUT2D eigenvalue weighted by molar-refractivity contribution is 0.0995. The van der Waals surface area contributed by atoms with Crippen LogP contribution in [0.4, 0.5) is 0 Å². The van der Waals surface area contributed by atoms with Crippen LogP contribution in [-0.4, -0.2) is 20.4 Å². The Morgan fingerprint density at radius 1 is 1.43 bits per heavy atom. The molecular formula is C9H7N3OS. The first-order chi connectivity index (χ1) is 6.86. The van der Waals surface area contributed by atoms with E-state index in [1.54, 1.807) is 6.20 Å². The number of ketones is 1. The standard InChI is InChI=1S/C9H7N3OS/c13-8(9-6-11-12-14-9)5-7-3-1-2-4-10-7/h1-4,6H,5H2. The fourth-order valence-corrected chi connectivity index (χ4v) is 1.49. The summed E-state index contributed by atoms with van der Waals surface area (Å²) in [5, 5.41) is 3.61. The van der Waals surface area contributed by atoms with Crippen molar-refractivity contribution in [2.24, 2.45) is 0 Å². The molecule has 0 saturated heterocycles. The molecule has 2 rings (SSSR count). The van der Waals surface area contributed by atoms with Gasteiger partial charge in [-0.1, -0.05) is 10.6 Å². The monoisotopic (exact) mass is 205 g/mol. The van der Waals surface area contributed by atoms with Crippen molar-refractivity contribution in [3.63, 3.8) is 0 Å². The lowest BCUT2D eigenvalue weighted by Crippen LogP contribution is -2.02. The summed E-state index contributed by atoms with van der Waals surface area (Å²) >= 11 is 1.11. The summed E-state index contributed by atoms with van der Waals surface area (Å²) in [6.07, 6.45) is 3.47. The molecule has 0 fully saturated rings. The summed E-state index contributed by atoms with van der Waals surface area (Å²) in [6, 6.07) is 5.51. The van der Waals surface area contributed by atoms with Crippen molar-refractivity contribution in [3.8, 4) is 0 Å². The third-order valence-electron chi connectivity index (χ3n) is 1.70. The van der Waals surface area contributed by atoms with E-state index >= 15 is 0 Å². The van der Waals surface area contributed by atoms with Gasteiger partial charge >= 0.3 is 0 Å². The number of rotatable bonds is 3. The summed E-state index contributed by atoms with van der Waals surface area (Å²) in [7, 11) is 0. The van der Waals surface area contributed by atoms with Gasteiger partial charge < -0.3 is 0 Å². The van der Waals surface area contributed by atoms with Gasteiger partial charge in [0.05, 0.1) is 12.6 Å². The van der Waals surface area contributed by atoms with Crippen LogP contribution in [0.1, 0.15) is 15.4 Å². The molecule has 70 valence electrons. The predicted molar refractivity (Wildman–Crippen MR) is 52.2 cm³/mol. The Kier molecular flexibility index (Phi) is 2.60. The summed E-state index contributed by atoms with van der Waals surface area (Å²) in [6.45, 7) is 0. The number of hydrogen-bond acceptors (Lipinski definition) is 5. The highest BCUT2D eigenvalue weighted by Gasteiger charge is 2.09. The smallest absolute Gasteiger partial charge is 0.181 e. The van der Waals surface area contributed by atoms with Crippen molar-refractivity contribution in [2.45, 2.75) is 6.42 Å². The van der Waals surface area contributed by atoms with Crippen LogP contribution in [0.25, 0.3) is 0 Å². The zero-order valence-electron chi connectivity index (χ0n) is 7.25. The minimum Gasteiger partial charge on any atom is -0.293 e. The van der Waals surface area contributed by atoms with Gasteiger partial charge in [0.15, 0.2) is 5.78 Å². The minimum absolute atomic E-state index is 0.0127. The highest BCUT2D eigenvalue weighted by molar-refractivity contribution is 7.07. The molecule has 2 aromatic rings. The molecule has 2 aromatic heterocycles. The van der Waals surface area contributed by atoms with Gasteiger partial charge in [-0.25, -0.2) is 0 Å². The van der Waals surface area contributed by atoms with Crippen LogP contribution < -0.4 is 0 Å². The van der Waals surface area contributed by atoms with Gasteiger partial charge in [-0.15, -0.1) is 5.10 Å². The number of Topliss-reactive ketones (excluding diaryl/α,β-unsaturated/α-hetero) is 1. The summed E-state index contributed by atoms with van der Waals surface area (Å²) < 4.78 is 3.64. The maximum absolute atomic E-state index is 11.6. The Bertz CT molecular complexity index is 413. The summed E-state index contributed by atoms with van der Waals surface area (Å²) in [5.74, 6) is 0.0127. The van der Waals surface area contributed by atoms with Gasteiger partial charge in [-0.05, 0) is 23.7 Å². The molecule has 0 amide bonds. The van der Waals surface area contributed by atoms with Crippen LogP contribution >= 0.6 is 11.5 Å². The first kappa shape index (κ1) is 8.96. The Labute approximate surface area is 84.8 Å². The second-order valence-electron chi connectivity index (χ2n) is 2.70. The lowest BCUT2D eigenvalue weighted by atomic mass is 10.2. The quantitative estimate of drug-likeness (QED) is 0.710. The average Bonchev–Trinajstić information content (AvgIpc) is 2.72. The summed E-state index contributed by atoms with van der Waals surface area (Å²) in [4.78, 5) is 16.2. The third kappa shape index (κ3) is 2.00. The van der Waals surface area contributed by atoms with E-state index in [0.717, 1.165) is 17.2 Å². The molecule has 0 aliphatic carbocycles. The molecule has 0 saturated carbocycles. The molecule has 0 unspecified atom stereocenters. The molecule has 2 heterocycles. The first-order valence-corrected chi connectivity index (χ1v) is 4.84. The SMILES string of the molecule is O=C(Cc1ccccn1)c1cnns1.